The lowest BCUT2D eigenvalue weighted by molar-refractivity contribution is 0.0522. The molecule has 0 unspecified atom stereocenters. The molecular weight excluding hydrogens is 310 g/mol. The molecule has 1 heterocycles. The number of H-pyrrole nitrogens is 1. The number of ether oxygens (including phenoxy) is 2. The van der Waals surface area contributed by atoms with Gasteiger partial charge in [0.25, 0.3) is 10.0 Å². The number of hydrogen-bond acceptors (Lipinski definition) is 6. The number of sulfonamides is 1. The first kappa shape index (κ1) is 15.8. The summed E-state index contributed by atoms with van der Waals surface area (Å²) in [5.41, 5.74) is 0.140. The normalized spacial score (nSPS) is 11.0. The summed E-state index contributed by atoms with van der Waals surface area (Å²) in [7, 11) is -2.54. The van der Waals surface area contributed by atoms with Crippen LogP contribution in [0.3, 0.4) is 0 Å². The molecule has 0 radical (unpaired) electrons. The SMILES string of the molecule is CCOC(=O)c1cn[nH]c1S(=O)(=O)Nc1cccc(OC)c1. The summed E-state index contributed by atoms with van der Waals surface area (Å²) < 4.78 is 36.9. The number of esters is 1. The predicted molar refractivity (Wildman–Crippen MR) is 78.3 cm³/mol. The van der Waals surface area contributed by atoms with E-state index in [9.17, 15) is 13.2 Å². The Morgan fingerprint density at radius 3 is 2.86 bits per heavy atom. The maximum absolute atomic E-state index is 12.4. The van der Waals surface area contributed by atoms with Crippen molar-refractivity contribution in [2.24, 2.45) is 0 Å². The molecule has 0 bridgehead atoms. The second kappa shape index (κ2) is 6.48. The van der Waals surface area contributed by atoms with Gasteiger partial charge in [0, 0.05) is 6.07 Å². The van der Waals surface area contributed by atoms with E-state index in [-0.39, 0.29) is 17.2 Å². The van der Waals surface area contributed by atoms with Crippen molar-refractivity contribution in [1.82, 2.24) is 10.2 Å². The predicted octanol–water partition coefficient (Wildman–Crippen LogP) is 1.40. The van der Waals surface area contributed by atoms with Gasteiger partial charge in [0.2, 0.25) is 0 Å². The lowest BCUT2D eigenvalue weighted by atomic mass is 10.3. The van der Waals surface area contributed by atoms with Crippen molar-refractivity contribution in [3.8, 4) is 5.75 Å². The maximum Gasteiger partial charge on any atom is 0.342 e. The number of rotatable bonds is 6. The van der Waals surface area contributed by atoms with Gasteiger partial charge in [-0.2, -0.15) is 13.5 Å². The zero-order chi connectivity index (χ0) is 16.2. The molecule has 1 aromatic heterocycles. The summed E-state index contributed by atoms with van der Waals surface area (Å²) in [6, 6.07) is 6.38. The summed E-state index contributed by atoms with van der Waals surface area (Å²) in [5, 5.41) is 5.55. The van der Waals surface area contributed by atoms with Crippen LogP contribution in [0, 0.1) is 0 Å². The van der Waals surface area contributed by atoms with E-state index in [4.69, 9.17) is 9.47 Å². The molecule has 0 aliphatic rings. The molecule has 2 rings (SSSR count). The van der Waals surface area contributed by atoms with Crippen molar-refractivity contribution < 1.29 is 22.7 Å². The van der Waals surface area contributed by atoms with Crippen LogP contribution in [-0.4, -0.2) is 38.3 Å². The molecule has 0 atom stereocenters. The Kier molecular flexibility index (Phi) is 4.66. The number of aromatic nitrogens is 2. The van der Waals surface area contributed by atoms with Gasteiger partial charge in [-0.05, 0) is 19.1 Å². The van der Waals surface area contributed by atoms with Gasteiger partial charge in [-0.3, -0.25) is 9.82 Å². The van der Waals surface area contributed by atoms with Gasteiger partial charge in [0.1, 0.15) is 11.3 Å². The highest BCUT2D eigenvalue weighted by atomic mass is 32.2. The van der Waals surface area contributed by atoms with Crippen LogP contribution in [0.15, 0.2) is 35.5 Å². The molecule has 9 heteroatoms. The average Bonchev–Trinajstić information content (AvgIpc) is 2.97. The molecule has 0 amide bonds. The average molecular weight is 325 g/mol. The maximum atomic E-state index is 12.4. The first-order chi connectivity index (χ1) is 10.5. The summed E-state index contributed by atoms with van der Waals surface area (Å²) in [6.07, 6.45) is 1.11. The minimum absolute atomic E-state index is 0.132. The molecule has 0 saturated heterocycles. The number of methoxy groups -OCH3 is 1. The van der Waals surface area contributed by atoms with Gasteiger partial charge in [-0.1, -0.05) is 6.07 Å². The zero-order valence-corrected chi connectivity index (χ0v) is 12.8. The lowest BCUT2D eigenvalue weighted by Crippen LogP contribution is -2.17. The Bertz CT molecular complexity index is 769. The van der Waals surface area contributed by atoms with E-state index in [1.807, 2.05) is 0 Å². The number of nitrogens with one attached hydrogen (secondary N) is 2. The van der Waals surface area contributed by atoms with Gasteiger partial charge in [0.15, 0.2) is 5.03 Å². The number of aromatic amines is 1. The molecular formula is C13H15N3O5S. The molecule has 8 nitrogen and oxygen atoms in total. The van der Waals surface area contributed by atoms with Crippen LogP contribution in [0.1, 0.15) is 17.3 Å². The van der Waals surface area contributed by atoms with Gasteiger partial charge < -0.3 is 9.47 Å². The second-order valence-corrected chi connectivity index (χ2v) is 5.79. The zero-order valence-electron chi connectivity index (χ0n) is 12.0. The van der Waals surface area contributed by atoms with Crippen molar-refractivity contribution >= 4 is 21.7 Å². The van der Waals surface area contributed by atoms with Crippen LogP contribution in [0.5, 0.6) is 5.75 Å². The van der Waals surface area contributed by atoms with Gasteiger partial charge in [-0.15, -0.1) is 0 Å². The largest absolute Gasteiger partial charge is 0.497 e. The highest BCUT2D eigenvalue weighted by molar-refractivity contribution is 7.92. The molecule has 1 aromatic carbocycles. The number of nitrogens with zero attached hydrogens (tertiary/aromatic N) is 1. The molecule has 118 valence electrons. The Hall–Kier alpha value is -2.55. The van der Waals surface area contributed by atoms with E-state index in [2.05, 4.69) is 14.9 Å². The van der Waals surface area contributed by atoms with E-state index in [0.717, 1.165) is 6.20 Å². The van der Waals surface area contributed by atoms with Gasteiger partial charge in [-0.25, -0.2) is 4.79 Å². The number of carbonyl (C=O) groups is 1. The second-order valence-electron chi connectivity index (χ2n) is 4.17. The van der Waals surface area contributed by atoms with Crippen molar-refractivity contribution in [1.29, 1.82) is 0 Å². The molecule has 0 spiro atoms. The fourth-order valence-corrected chi connectivity index (χ4v) is 2.86. The van der Waals surface area contributed by atoms with Crippen LogP contribution < -0.4 is 9.46 Å². The molecule has 0 fully saturated rings. The summed E-state index contributed by atoms with van der Waals surface area (Å²) >= 11 is 0. The van der Waals surface area contributed by atoms with E-state index < -0.39 is 16.0 Å². The summed E-state index contributed by atoms with van der Waals surface area (Å²) in [6.45, 7) is 1.76. The number of carbonyl (C=O) groups excluding carboxylic acids is 1. The number of hydrogen-bond donors (Lipinski definition) is 2. The third-order valence-corrected chi connectivity index (χ3v) is 4.04. The van der Waals surface area contributed by atoms with E-state index >= 15 is 0 Å². The first-order valence-electron chi connectivity index (χ1n) is 6.35. The highest BCUT2D eigenvalue weighted by Crippen LogP contribution is 2.21. The Morgan fingerprint density at radius 2 is 2.18 bits per heavy atom. The number of benzene rings is 1. The molecule has 2 N–H and O–H groups in total. The molecule has 0 aliphatic carbocycles. The third kappa shape index (κ3) is 3.37. The monoisotopic (exact) mass is 325 g/mol. The topological polar surface area (TPSA) is 110 Å². The van der Waals surface area contributed by atoms with Crippen molar-refractivity contribution in [3.05, 3.63) is 36.0 Å². The van der Waals surface area contributed by atoms with Gasteiger partial charge in [0.05, 0.1) is 25.6 Å². The van der Waals surface area contributed by atoms with Crippen LogP contribution >= 0.6 is 0 Å². The van der Waals surface area contributed by atoms with Crippen molar-refractivity contribution in [3.63, 3.8) is 0 Å². The quantitative estimate of drug-likeness (QED) is 0.777. The third-order valence-electron chi connectivity index (χ3n) is 2.69. The lowest BCUT2D eigenvalue weighted by Gasteiger charge is -2.09. The molecule has 2 aromatic rings. The van der Waals surface area contributed by atoms with E-state index in [1.165, 1.54) is 13.2 Å². The molecule has 0 aliphatic heterocycles. The van der Waals surface area contributed by atoms with Crippen LogP contribution in [0.25, 0.3) is 0 Å². The Balaban J connectivity index is 2.31. The molecule has 0 saturated carbocycles. The van der Waals surface area contributed by atoms with Crippen LogP contribution in [0.4, 0.5) is 5.69 Å². The summed E-state index contributed by atoms with van der Waals surface area (Å²) in [5.74, 6) is -0.266. The standard InChI is InChI=1S/C13H15N3O5S/c1-3-21-13(17)11-8-14-15-12(11)22(18,19)16-9-5-4-6-10(7-9)20-2/h4-8,16H,3H2,1-2H3,(H,14,15). The van der Waals surface area contributed by atoms with Gasteiger partial charge >= 0.3 is 5.97 Å². The van der Waals surface area contributed by atoms with Crippen molar-refractivity contribution in [2.45, 2.75) is 11.9 Å². The summed E-state index contributed by atoms with van der Waals surface area (Å²) in [4.78, 5) is 11.7. The minimum atomic E-state index is -4.01. The Labute approximate surface area is 127 Å². The minimum Gasteiger partial charge on any atom is -0.497 e. The fourth-order valence-electron chi connectivity index (χ4n) is 1.73. The van der Waals surface area contributed by atoms with E-state index in [1.54, 1.807) is 25.1 Å². The van der Waals surface area contributed by atoms with Crippen LogP contribution in [-0.2, 0) is 14.8 Å². The Morgan fingerprint density at radius 1 is 1.41 bits per heavy atom. The van der Waals surface area contributed by atoms with E-state index in [0.29, 0.717) is 11.4 Å². The number of anilines is 1. The highest BCUT2D eigenvalue weighted by Gasteiger charge is 2.26. The smallest absolute Gasteiger partial charge is 0.342 e. The molecule has 22 heavy (non-hydrogen) atoms. The van der Waals surface area contributed by atoms with Crippen LogP contribution in [0.2, 0.25) is 0 Å². The fraction of sp³-hybridized carbons (Fsp3) is 0.231. The van der Waals surface area contributed by atoms with Crippen molar-refractivity contribution in [2.75, 3.05) is 18.4 Å². The first-order valence-corrected chi connectivity index (χ1v) is 7.83.